The number of ether oxygens (including phenoxy) is 1. The van der Waals surface area contributed by atoms with E-state index in [1.54, 1.807) is 22.9 Å². The van der Waals surface area contributed by atoms with Gasteiger partial charge in [0, 0.05) is 32.0 Å². The fourth-order valence-electron chi connectivity index (χ4n) is 3.13. The first-order chi connectivity index (χ1) is 14.8. The number of rotatable bonds is 7. The minimum Gasteiger partial charge on any atom is -0.360 e. The van der Waals surface area contributed by atoms with Crippen LogP contribution in [0.1, 0.15) is 5.69 Å². The second-order valence-corrected chi connectivity index (χ2v) is 14.2. The summed E-state index contributed by atoms with van der Waals surface area (Å²) in [5, 5.41) is 18.6. The van der Waals surface area contributed by atoms with Gasteiger partial charge in [0.2, 0.25) is 0 Å². The topological polar surface area (TPSA) is 81.0 Å². The first kappa shape index (κ1) is 20.9. The Labute approximate surface area is 180 Å². The lowest BCUT2D eigenvalue weighted by Crippen LogP contribution is -2.22. The van der Waals surface area contributed by atoms with Crippen molar-refractivity contribution in [2.24, 2.45) is 0 Å². The van der Waals surface area contributed by atoms with Gasteiger partial charge < -0.3 is 4.74 Å². The molecular formula is C22H23FN6OSi. The van der Waals surface area contributed by atoms with E-state index in [2.05, 4.69) is 40.9 Å². The Bertz CT molecular complexity index is 1250. The molecule has 3 aromatic heterocycles. The van der Waals surface area contributed by atoms with Crippen LogP contribution in [-0.4, -0.2) is 39.1 Å². The minimum absolute atomic E-state index is 0.309. The average molecular weight is 435 g/mol. The number of nitrogens with zero attached hydrogens (tertiary/aromatic N) is 6. The zero-order valence-corrected chi connectivity index (χ0v) is 18.7. The van der Waals surface area contributed by atoms with Crippen LogP contribution in [0.3, 0.4) is 0 Å². The molecule has 0 unspecified atom stereocenters. The molecule has 0 saturated heterocycles. The first-order valence-electron chi connectivity index (χ1n) is 10.0. The van der Waals surface area contributed by atoms with Gasteiger partial charge in [-0.3, -0.25) is 0 Å². The second kappa shape index (κ2) is 8.41. The first-order valence-corrected chi connectivity index (χ1v) is 13.7. The molecule has 0 bridgehead atoms. The smallest absolute Gasteiger partial charge is 0.162 e. The van der Waals surface area contributed by atoms with Crippen molar-refractivity contribution in [3.05, 3.63) is 60.3 Å². The molecule has 0 spiro atoms. The van der Waals surface area contributed by atoms with E-state index in [9.17, 15) is 9.65 Å². The number of nitriles is 1. The third kappa shape index (κ3) is 4.71. The maximum atomic E-state index is 13.5. The summed E-state index contributed by atoms with van der Waals surface area (Å²) in [6.07, 6.45) is 3.35. The Kier molecular flexibility index (Phi) is 5.67. The third-order valence-electron chi connectivity index (χ3n) is 4.85. The predicted octanol–water partition coefficient (Wildman–Crippen LogP) is 4.58. The van der Waals surface area contributed by atoms with Crippen LogP contribution in [-0.2, 0) is 11.5 Å². The quantitative estimate of drug-likeness (QED) is 0.314. The number of hydrogen-bond acceptors (Lipinski definition) is 5. The van der Waals surface area contributed by atoms with Crippen LogP contribution in [0.4, 0.5) is 4.39 Å². The Morgan fingerprint density at radius 2 is 1.87 bits per heavy atom. The highest BCUT2D eigenvalue weighted by atomic mass is 28.3. The number of imidazole rings is 1. The van der Waals surface area contributed by atoms with E-state index < -0.39 is 8.07 Å². The highest BCUT2D eigenvalue weighted by molar-refractivity contribution is 6.76. The summed E-state index contributed by atoms with van der Waals surface area (Å²) >= 11 is 0. The van der Waals surface area contributed by atoms with E-state index in [0.717, 1.165) is 17.2 Å². The minimum atomic E-state index is -1.18. The van der Waals surface area contributed by atoms with Crippen LogP contribution in [0.15, 0.2) is 48.8 Å². The maximum Gasteiger partial charge on any atom is 0.162 e. The van der Waals surface area contributed by atoms with Gasteiger partial charge in [0.1, 0.15) is 24.3 Å². The van der Waals surface area contributed by atoms with Crippen molar-refractivity contribution in [3.8, 4) is 28.6 Å². The van der Waals surface area contributed by atoms with Gasteiger partial charge in [0.15, 0.2) is 11.3 Å². The molecule has 9 heteroatoms. The molecule has 0 fully saturated rings. The summed E-state index contributed by atoms with van der Waals surface area (Å²) in [6, 6.07) is 13.0. The van der Waals surface area contributed by atoms with Crippen LogP contribution in [0.25, 0.3) is 28.2 Å². The molecular weight excluding hydrogens is 411 g/mol. The highest BCUT2D eigenvalue weighted by Gasteiger charge is 2.17. The normalized spacial score (nSPS) is 11.7. The van der Waals surface area contributed by atoms with Gasteiger partial charge in [-0.2, -0.15) is 15.5 Å². The second-order valence-electron chi connectivity index (χ2n) is 8.53. The number of fused-ring (bicyclic) bond motifs is 1. The van der Waals surface area contributed by atoms with Crippen molar-refractivity contribution in [2.45, 2.75) is 32.4 Å². The largest absolute Gasteiger partial charge is 0.360 e. The monoisotopic (exact) mass is 434 g/mol. The van der Waals surface area contributed by atoms with E-state index in [1.807, 2.05) is 12.3 Å². The SMILES string of the molecule is C[Si](C)(C)CCOCn1cc(-c2ccc3ncc(C#N)n3n2)c(-c2ccc(F)cc2)n1. The molecule has 158 valence electrons. The Hall–Kier alpha value is -3.35. The fourth-order valence-corrected chi connectivity index (χ4v) is 3.88. The molecule has 7 nitrogen and oxygen atoms in total. The summed E-state index contributed by atoms with van der Waals surface area (Å²) in [4.78, 5) is 4.19. The Morgan fingerprint density at radius 1 is 1.10 bits per heavy atom. The van der Waals surface area contributed by atoms with E-state index >= 15 is 0 Å². The summed E-state index contributed by atoms with van der Waals surface area (Å²) in [5.41, 5.74) is 3.77. The van der Waals surface area contributed by atoms with Crippen molar-refractivity contribution >= 4 is 13.7 Å². The number of benzene rings is 1. The molecule has 0 saturated carbocycles. The van der Waals surface area contributed by atoms with Gasteiger partial charge in [-0.05, 0) is 42.4 Å². The number of hydrogen-bond donors (Lipinski definition) is 0. The lowest BCUT2D eigenvalue weighted by atomic mass is 10.1. The van der Waals surface area contributed by atoms with Crippen LogP contribution < -0.4 is 0 Å². The van der Waals surface area contributed by atoms with Crippen molar-refractivity contribution < 1.29 is 9.13 Å². The van der Waals surface area contributed by atoms with E-state index in [0.29, 0.717) is 36.1 Å². The third-order valence-corrected chi connectivity index (χ3v) is 6.56. The van der Waals surface area contributed by atoms with Crippen LogP contribution >= 0.6 is 0 Å². The molecule has 0 atom stereocenters. The lowest BCUT2D eigenvalue weighted by molar-refractivity contribution is 0.0788. The molecule has 0 N–H and O–H groups in total. The zero-order valence-electron chi connectivity index (χ0n) is 17.7. The van der Waals surface area contributed by atoms with Gasteiger partial charge >= 0.3 is 0 Å². The highest BCUT2D eigenvalue weighted by Crippen LogP contribution is 2.30. The standard InChI is InChI=1S/C22H23FN6OSi/c1-31(2,3)11-10-30-15-28-14-19(22(27-28)16-4-6-17(23)7-5-16)20-8-9-21-25-13-18(12-24)29(21)26-20/h4-9,13-14H,10-11,15H2,1-3H3. The van der Waals surface area contributed by atoms with Gasteiger partial charge in [-0.1, -0.05) is 19.6 Å². The molecule has 31 heavy (non-hydrogen) atoms. The summed E-state index contributed by atoms with van der Waals surface area (Å²) in [5.74, 6) is -0.309. The van der Waals surface area contributed by atoms with Gasteiger partial charge in [-0.15, -0.1) is 0 Å². The predicted molar refractivity (Wildman–Crippen MR) is 118 cm³/mol. The van der Waals surface area contributed by atoms with Crippen molar-refractivity contribution in [1.82, 2.24) is 24.4 Å². The molecule has 0 aliphatic heterocycles. The molecule has 0 radical (unpaired) electrons. The van der Waals surface area contributed by atoms with Gasteiger partial charge in [-0.25, -0.2) is 18.6 Å². The summed E-state index contributed by atoms with van der Waals surface area (Å²) in [7, 11) is -1.18. The van der Waals surface area contributed by atoms with Crippen LogP contribution in [0.5, 0.6) is 0 Å². The molecule has 4 aromatic rings. The lowest BCUT2D eigenvalue weighted by Gasteiger charge is -2.15. The van der Waals surface area contributed by atoms with Gasteiger partial charge in [0.05, 0.1) is 11.9 Å². The maximum absolute atomic E-state index is 13.5. The molecule has 0 amide bonds. The zero-order chi connectivity index (χ0) is 22.0. The Balaban J connectivity index is 1.70. The van der Waals surface area contributed by atoms with E-state index in [-0.39, 0.29) is 5.82 Å². The van der Waals surface area contributed by atoms with Crippen LogP contribution in [0, 0.1) is 17.1 Å². The van der Waals surface area contributed by atoms with Crippen LogP contribution in [0.2, 0.25) is 25.7 Å². The average Bonchev–Trinajstić information content (AvgIpc) is 3.34. The van der Waals surface area contributed by atoms with Crippen molar-refractivity contribution in [3.63, 3.8) is 0 Å². The molecule has 0 aliphatic rings. The van der Waals surface area contributed by atoms with Gasteiger partial charge in [0.25, 0.3) is 0 Å². The molecule has 0 aliphatic carbocycles. The number of halogens is 1. The Morgan fingerprint density at radius 3 is 2.58 bits per heavy atom. The van der Waals surface area contributed by atoms with Crippen molar-refractivity contribution in [1.29, 1.82) is 5.26 Å². The molecule has 3 heterocycles. The van der Waals surface area contributed by atoms with E-state index in [4.69, 9.17) is 4.74 Å². The summed E-state index contributed by atoms with van der Waals surface area (Å²) < 4.78 is 22.5. The summed E-state index contributed by atoms with van der Waals surface area (Å²) in [6.45, 7) is 7.92. The molecule has 1 aromatic carbocycles. The van der Waals surface area contributed by atoms with Crippen molar-refractivity contribution in [2.75, 3.05) is 6.61 Å². The fraction of sp³-hybridized carbons (Fsp3) is 0.273. The number of aromatic nitrogens is 5. The van der Waals surface area contributed by atoms with E-state index in [1.165, 1.54) is 22.8 Å². The molecule has 4 rings (SSSR count).